The number of ether oxygens (including phenoxy) is 1. The van der Waals surface area contributed by atoms with E-state index in [0.29, 0.717) is 23.6 Å². The van der Waals surface area contributed by atoms with Crippen molar-refractivity contribution in [3.8, 4) is 0 Å². The SMILES string of the molecule is CCOC(CC)(OP(O)(O)=S)c1ccc(Br)cc1Cl. The highest BCUT2D eigenvalue weighted by Gasteiger charge is 2.38. The highest BCUT2D eigenvalue weighted by molar-refractivity contribution is 9.10. The Bertz CT molecular complexity index is 496. The molecule has 0 aliphatic rings. The Hall–Kier alpha value is 0.480. The van der Waals surface area contributed by atoms with E-state index in [-0.39, 0.29) is 0 Å². The molecule has 0 saturated heterocycles. The lowest BCUT2D eigenvalue weighted by Crippen LogP contribution is -2.32. The van der Waals surface area contributed by atoms with Crippen molar-refractivity contribution >= 4 is 46.1 Å². The third-order valence-electron chi connectivity index (χ3n) is 2.45. The average molecular weight is 390 g/mol. The molecule has 0 amide bonds. The van der Waals surface area contributed by atoms with Gasteiger partial charge in [0, 0.05) is 23.1 Å². The average Bonchev–Trinajstić information content (AvgIpc) is 2.26. The fourth-order valence-electron chi connectivity index (χ4n) is 1.73. The van der Waals surface area contributed by atoms with Crippen LogP contribution in [0.2, 0.25) is 5.02 Å². The first-order valence-electron chi connectivity index (χ1n) is 5.60. The number of rotatable bonds is 6. The third kappa shape index (κ3) is 4.76. The second-order valence-electron chi connectivity index (χ2n) is 3.75. The summed E-state index contributed by atoms with van der Waals surface area (Å²) < 4.78 is 11.6. The molecule has 0 aliphatic heterocycles. The van der Waals surface area contributed by atoms with Gasteiger partial charge in [-0.15, -0.1) is 0 Å². The van der Waals surface area contributed by atoms with Crippen LogP contribution in [0.1, 0.15) is 25.8 Å². The maximum atomic E-state index is 9.44. The number of benzene rings is 1. The Kier molecular flexibility index (Phi) is 6.42. The van der Waals surface area contributed by atoms with Crippen molar-refractivity contribution in [3.05, 3.63) is 33.3 Å². The van der Waals surface area contributed by atoms with Gasteiger partial charge in [0.15, 0.2) is 0 Å². The zero-order valence-corrected chi connectivity index (χ0v) is 14.5. The fraction of sp³-hybridized carbons (Fsp3) is 0.455. The zero-order chi connectivity index (χ0) is 14.7. The number of halogens is 2. The normalized spacial score (nSPS) is 15.3. The van der Waals surface area contributed by atoms with Gasteiger partial charge in [-0.2, -0.15) is 0 Å². The predicted molar refractivity (Wildman–Crippen MR) is 82.6 cm³/mol. The molecule has 0 aliphatic carbocycles. The summed E-state index contributed by atoms with van der Waals surface area (Å²) in [5.74, 6) is -1.36. The van der Waals surface area contributed by atoms with Crippen molar-refractivity contribution in [1.82, 2.24) is 0 Å². The van der Waals surface area contributed by atoms with E-state index < -0.39 is 12.5 Å². The molecule has 1 aromatic carbocycles. The van der Waals surface area contributed by atoms with Crippen LogP contribution in [0.15, 0.2) is 22.7 Å². The molecule has 108 valence electrons. The van der Waals surface area contributed by atoms with Gasteiger partial charge in [-0.3, -0.25) is 4.52 Å². The lowest BCUT2D eigenvalue weighted by molar-refractivity contribution is -0.195. The Labute approximate surface area is 131 Å². The molecule has 0 aromatic heterocycles. The van der Waals surface area contributed by atoms with Gasteiger partial charge in [-0.05, 0) is 30.9 Å². The molecule has 1 aromatic rings. The van der Waals surface area contributed by atoms with Crippen LogP contribution in [-0.2, 0) is 26.9 Å². The van der Waals surface area contributed by atoms with Gasteiger partial charge in [-0.1, -0.05) is 40.5 Å². The summed E-state index contributed by atoms with van der Waals surface area (Å²) >= 11 is 14.0. The second kappa shape index (κ2) is 6.96. The van der Waals surface area contributed by atoms with E-state index in [4.69, 9.17) is 20.9 Å². The number of hydrogen-bond acceptors (Lipinski definition) is 3. The molecule has 4 nitrogen and oxygen atoms in total. The summed E-state index contributed by atoms with van der Waals surface area (Å²) in [4.78, 5) is 18.9. The molecule has 8 heteroatoms. The van der Waals surface area contributed by atoms with Gasteiger partial charge in [-0.25, -0.2) is 0 Å². The highest BCUT2D eigenvalue weighted by Crippen LogP contribution is 2.49. The second-order valence-corrected chi connectivity index (χ2v) is 7.66. The first-order chi connectivity index (χ1) is 8.74. The molecule has 0 saturated carbocycles. The van der Waals surface area contributed by atoms with Crippen LogP contribution in [0.3, 0.4) is 0 Å². The van der Waals surface area contributed by atoms with Crippen molar-refractivity contribution < 1.29 is 19.0 Å². The van der Waals surface area contributed by atoms with E-state index in [0.717, 1.165) is 4.47 Å². The van der Waals surface area contributed by atoms with Crippen LogP contribution in [0, 0.1) is 0 Å². The predicted octanol–water partition coefficient (Wildman–Crippen LogP) is 3.93. The van der Waals surface area contributed by atoms with Crippen LogP contribution in [0.5, 0.6) is 0 Å². The zero-order valence-electron chi connectivity index (χ0n) is 10.5. The van der Waals surface area contributed by atoms with Crippen molar-refractivity contribution in [2.24, 2.45) is 0 Å². The van der Waals surface area contributed by atoms with E-state index in [1.165, 1.54) is 0 Å². The first-order valence-corrected chi connectivity index (χ1v) is 9.39. The van der Waals surface area contributed by atoms with Crippen molar-refractivity contribution in [2.75, 3.05) is 6.61 Å². The van der Waals surface area contributed by atoms with E-state index >= 15 is 0 Å². The summed E-state index contributed by atoms with van der Waals surface area (Å²) in [5.41, 5.74) is 0.513. The van der Waals surface area contributed by atoms with Crippen LogP contribution in [0.25, 0.3) is 0 Å². The Morgan fingerprint density at radius 3 is 2.47 bits per heavy atom. The van der Waals surface area contributed by atoms with Crippen LogP contribution in [-0.4, -0.2) is 16.4 Å². The third-order valence-corrected chi connectivity index (χ3v) is 4.01. The monoisotopic (exact) mass is 388 g/mol. The fourth-order valence-corrected chi connectivity index (χ4v) is 3.58. The lowest BCUT2D eigenvalue weighted by Gasteiger charge is -2.34. The van der Waals surface area contributed by atoms with Crippen molar-refractivity contribution in [2.45, 2.75) is 26.1 Å². The molecule has 1 rings (SSSR count). The standard InChI is InChI=1S/C11H15BrClO4PS/c1-3-11(16-4-2,17-18(14,15)19)9-6-5-8(12)7-10(9)13/h5-7H,3-4H2,1-2H3,(H2,14,15,19). The first kappa shape index (κ1) is 17.5. The molecule has 0 bridgehead atoms. The molecule has 0 spiro atoms. The molecule has 1 atom stereocenters. The largest absolute Gasteiger partial charge is 0.346 e. The lowest BCUT2D eigenvalue weighted by atomic mass is 10.0. The molecule has 2 N–H and O–H groups in total. The molecule has 0 heterocycles. The molecule has 1 unspecified atom stereocenters. The smallest absolute Gasteiger partial charge is 0.324 e. The molecule has 19 heavy (non-hydrogen) atoms. The van der Waals surface area contributed by atoms with Gasteiger partial charge >= 0.3 is 6.72 Å². The Morgan fingerprint density at radius 2 is 2.05 bits per heavy atom. The van der Waals surface area contributed by atoms with Gasteiger partial charge < -0.3 is 14.5 Å². The van der Waals surface area contributed by atoms with E-state index in [1.807, 2.05) is 0 Å². The topological polar surface area (TPSA) is 58.9 Å². The Balaban J connectivity index is 3.33. The van der Waals surface area contributed by atoms with Crippen LogP contribution >= 0.6 is 34.2 Å². The summed E-state index contributed by atoms with van der Waals surface area (Å²) in [6, 6.07) is 5.16. The summed E-state index contributed by atoms with van der Waals surface area (Å²) in [6.45, 7) is -0.0103. The van der Waals surface area contributed by atoms with Gasteiger partial charge in [0.1, 0.15) is 0 Å². The van der Waals surface area contributed by atoms with Crippen molar-refractivity contribution in [1.29, 1.82) is 0 Å². The quantitative estimate of drug-likeness (QED) is 0.570. The van der Waals surface area contributed by atoms with Gasteiger partial charge in [0.25, 0.3) is 0 Å². The van der Waals surface area contributed by atoms with E-state index in [9.17, 15) is 9.79 Å². The summed E-state index contributed by atoms with van der Waals surface area (Å²) in [7, 11) is 0. The van der Waals surface area contributed by atoms with E-state index in [2.05, 4.69) is 27.7 Å². The minimum Gasteiger partial charge on any atom is -0.346 e. The minimum atomic E-state index is -3.89. The van der Waals surface area contributed by atoms with Crippen LogP contribution in [0.4, 0.5) is 0 Å². The van der Waals surface area contributed by atoms with E-state index in [1.54, 1.807) is 32.0 Å². The van der Waals surface area contributed by atoms with Gasteiger partial charge in [0.2, 0.25) is 5.79 Å². The molecular weight excluding hydrogens is 375 g/mol. The number of hydrogen-bond donors (Lipinski definition) is 2. The minimum absolute atomic E-state index is 0.315. The van der Waals surface area contributed by atoms with Gasteiger partial charge in [0.05, 0.1) is 5.02 Å². The van der Waals surface area contributed by atoms with Crippen LogP contribution < -0.4 is 0 Å². The molecular formula is C11H15BrClO4PS. The maximum Gasteiger partial charge on any atom is 0.324 e. The summed E-state index contributed by atoms with van der Waals surface area (Å²) in [5, 5.41) is 0.396. The summed E-state index contributed by atoms with van der Waals surface area (Å²) in [6.07, 6.45) is 0.335. The Morgan fingerprint density at radius 1 is 1.42 bits per heavy atom. The highest BCUT2D eigenvalue weighted by atomic mass is 79.9. The van der Waals surface area contributed by atoms with Crippen molar-refractivity contribution in [3.63, 3.8) is 0 Å². The molecule has 0 fully saturated rings. The molecule has 0 radical (unpaired) electrons. The maximum absolute atomic E-state index is 9.44.